The first-order valence-corrected chi connectivity index (χ1v) is 8.60. The topological polar surface area (TPSA) is 21.3 Å². The number of rotatable bonds is 7. The van der Waals surface area contributed by atoms with E-state index in [0.717, 1.165) is 30.7 Å². The van der Waals surface area contributed by atoms with E-state index < -0.39 is 0 Å². The van der Waals surface area contributed by atoms with Gasteiger partial charge in [0.05, 0.1) is 6.10 Å². The molecule has 21 heavy (non-hydrogen) atoms. The standard InChI is InChI=1S/C19H31NO/c1-15(2)21-19-10-5-4-9-18(19)14-20-12-11-17-8-6-7-16(3)13-17/h4-5,9-10,15-17,20H,6-8,11-14H2,1-3H3. The number of hydrogen-bond donors (Lipinski definition) is 1. The number of benzene rings is 1. The maximum atomic E-state index is 5.87. The van der Waals surface area contributed by atoms with Crippen LogP contribution in [-0.4, -0.2) is 12.6 Å². The third-order valence-electron chi connectivity index (χ3n) is 4.43. The average molecular weight is 289 g/mol. The molecule has 0 spiro atoms. The lowest BCUT2D eigenvalue weighted by Crippen LogP contribution is -2.21. The second-order valence-corrected chi connectivity index (χ2v) is 6.88. The molecule has 1 aliphatic rings. The lowest BCUT2D eigenvalue weighted by Gasteiger charge is -2.26. The number of nitrogens with one attached hydrogen (secondary N) is 1. The summed E-state index contributed by atoms with van der Waals surface area (Å²) in [4.78, 5) is 0. The minimum Gasteiger partial charge on any atom is -0.491 e. The van der Waals surface area contributed by atoms with Crippen molar-refractivity contribution in [3.63, 3.8) is 0 Å². The van der Waals surface area contributed by atoms with Crippen LogP contribution in [0.3, 0.4) is 0 Å². The second kappa shape index (κ2) is 8.43. The van der Waals surface area contributed by atoms with Gasteiger partial charge in [0, 0.05) is 12.1 Å². The molecule has 1 N–H and O–H groups in total. The molecule has 2 atom stereocenters. The quantitative estimate of drug-likeness (QED) is 0.729. The van der Waals surface area contributed by atoms with Gasteiger partial charge in [0.25, 0.3) is 0 Å². The van der Waals surface area contributed by atoms with Gasteiger partial charge in [0.2, 0.25) is 0 Å². The molecule has 2 nitrogen and oxygen atoms in total. The van der Waals surface area contributed by atoms with Crippen molar-refractivity contribution in [3.05, 3.63) is 29.8 Å². The van der Waals surface area contributed by atoms with Crippen LogP contribution >= 0.6 is 0 Å². The molecule has 0 aliphatic heterocycles. The van der Waals surface area contributed by atoms with Crippen LogP contribution < -0.4 is 10.1 Å². The Morgan fingerprint density at radius 1 is 1.24 bits per heavy atom. The van der Waals surface area contributed by atoms with Gasteiger partial charge in [-0.05, 0) is 51.1 Å². The predicted octanol–water partition coefficient (Wildman–Crippen LogP) is 4.78. The Hall–Kier alpha value is -1.02. The third-order valence-corrected chi connectivity index (χ3v) is 4.43. The molecule has 0 saturated heterocycles. The van der Waals surface area contributed by atoms with Crippen molar-refractivity contribution in [1.82, 2.24) is 5.32 Å². The van der Waals surface area contributed by atoms with Crippen molar-refractivity contribution in [2.24, 2.45) is 11.8 Å². The van der Waals surface area contributed by atoms with Crippen LogP contribution in [0.15, 0.2) is 24.3 Å². The van der Waals surface area contributed by atoms with E-state index in [1.165, 1.54) is 37.7 Å². The van der Waals surface area contributed by atoms with E-state index in [1.807, 2.05) is 6.07 Å². The van der Waals surface area contributed by atoms with Gasteiger partial charge in [-0.3, -0.25) is 0 Å². The van der Waals surface area contributed by atoms with Crippen LogP contribution in [0.1, 0.15) is 58.4 Å². The molecule has 1 aromatic carbocycles. The van der Waals surface area contributed by atoms with Crippen LogP contribution in [0.5, 0.6) is 5.75 Å². The minimum atomic E-state index is 0.231. The molecular formula is C19H31NO. The van der Waals surface area contributed by atoms with Gasteiger partial charge in [-0.2, -0.15) is 0 Å². The third kappa shape index (κ3) is 5.70. The molecular weight excluding hydrogens is 258 g/mol. The van der Waals surface area contributed by atoms with E-state index in [9.17, 15) is 0 Å². The molecule has 2 heteroatoms. The van der Waals surface area contributed by atoms with E-state index in [1.54, 1.807) is 0 Å². The maximum Gasteiger partial charge on any atom is 0.124 e. The summed E-state index contributed by atoms with van der Waals surface area (Å²) in [6, 6.07) is 8.37. The summed E-state index contributed by atoms with van der Waals surface area (Å²) in [5.74, 6) is 2.89. The Balaban J connectivity index is 1.73. The van der Waals surface area contributed by atoms with E-state index >= 15 is 0 Å². The molecule has 2 unspecified atom stereocenters. The molecule has 0 heterocycles. The van der Waals surface area contributed by atoms with Crippen LogP contribution in [0.25, 0.3) is 0 Å². The summed E-state index contributed by atoms with van der Waals surface area (Å²) >= 11 is 0. The normalized spacial score (nSPS) is 22.5. The van der Waals surface area contributed by atoms with Crippen molar-refractivity contribution in [2.45, 2.75) is 65.5 Å². The average Bonchev–Trinajstić information content (AvgIpc) is 2.45. The fourth-order valence-electron chi connectivity index (χ4n) is 3.37. The number of para-hydroxylation sites is 1. The molecule has 118 valence electrons. The summed E-state index contributed by atoms with van der Waals surface area (Å²) < 4.78 is 5.87. The zero-order valence-corrected chi connectivity index (χ0v) is 13.9. The second-order valence-electron chi connectivity index (χ2n) is 6.88. The SMILES string of the molecule is CC1CCCC(CCNCc2ccccc2OC(C)C)C1. The van der Waals surface area contributed by atoms with Crippen molar-refractivity contribution >= 4 is 0 Å². The molecule has 0 aromatic heterocycles. The predicted molar refractivity (Wildman–Crippen MR) is 89.7 cm³/mol. The molecule has 1 aliphatic carbocycles. The highest BCUT2D eigenvalue weighted by atomic mass is 16.5. The smallest absolute Gasteiger partial charge is 0.124 e. The van der Waals surface area contributed by atoms with Gasteiger partial charge >= 0.3 is 0 Å². The van der Waals surface area contributed by atoms with Gasteiger partial charge in [-0.1, -0.05) is 44.4 Å². The van der Waals surface area contributed by atoms with Crippen molar-refractivity contribution in [2.75, 3.05) is 6.54 Å². The lowest BCUT2D eigenvalue weighted by atomic mass is 9.81. The Bertz CT molecular complexity index is 416. The van der Waals surface area contributed by atoms with Crippen LogP contribution in [0.2, 0.25) is 0 Å². The first kappa shape index (κ1) is 16.4. The summed E-state index contributed by atoms with van der Waals surface area (Å²) in [6.07, 6.45) is 7.27. The Morgan fingerprint density at radius 3 is 2.81 bits per heavy atom. The first-order chi connectivity index (χ1) is 10.1. The Kier molecular flexibility index (Phi) is 6.56. The van der Waals surface area contributed by atoms with Gasteiger partial charge in [-0.15, -0.1) is 0 Å². The summed E-state index contributed by atoms with van der Waals surface area (Å²) in [7, 11) is 0. The van der Waals surface area contributed by atoms with E-state index in [4.69, 9.17) is 4.74 Å². The number of hydrogen-bond acceptors (Lipinski definition) is 2. The Morgan fingerprint density at radius 2 is 2.05 bits per heavy atom. The minimum absolute atomic E-state index is 0.231. The van der Waals surface area contributed by atoms with Gasteiger partial charge in [-0.25, -0.2) is 0 Å². The summed E-state index contributed by atoms with van der Waals surface area (Å²) in [6.45, 7) is 8.58. The molecule has 0 bridgehead atoms. The monoisotopic (exact) mass is 289 g/mol. The molecule has 1 aromatic rings. The van der Waals surface area contributed by atoms with E-state index in [0.29, 0.717) is 0 Å². The highest BCUT2D eigenvalue weighted by Gasteiger charge is 2.18. The fraction of sp³-hybridized carbons (Fsp3) is 0.684. The van der Waals surface area contributed by atoms with Crippen molar-refractivity contribution in [3.8, 4) is 5.75 Å². The first-order valence-electron chi connectivity index (χ1n) is 8.60. The van der Waals surface area contributed by atoms with E-state index in [-0.39, 0.29) is 6.10 Å². The van der Waals surface area contributed by atoms with Crippen molar-refractivity contribution in [1.29, 1.82) is 0 Å². The zero-order chi connectivity index (χ0) is 15.1. The molecule has 2 rings (SSSR count). The Labute approximate surface area is 130 Å². The summed E-state index contributed by atoms with van der Waals surface area (Å²) in [5.41, 5.74) is 1.27. The fourth-order valence-corrected chi connectivity index (χ4v) is 3.37. The molecule has 1 fully saturated rings. The van der Waals surface area contributed by atoms with Crippen LogP contribution in [0.4, 0.5) is 0 Å². The van der Waals surface area contributed by atoms with Crippen LogP contribution in [-0.2, 0) is 6.54 Å². The molecule has 0 radical (unpaired) electrons. The molecule has 1 saturated carbocycles. The zero-order valence-electron chi connectivity index (χ0n) is 13.9. The molecule has 0 amide bonds. The summed E-state index contributed by atoms with van der Waals surface area (Å²) in [5, 5.41) is 3.60. The van der Waals surface area contributed by atoms with Gasteiger partial charge in [0.15, 0.2) is 0 Å². The maximum absolute atomic E-state index is 5.87. The number of ether oxygens (including phenoxy) is 1. The highest BCUT2D eigenvalue weighted by molar-refractivity contribution is 5.33. The van der Waals surface area contributed by atoms with Crippen molar-refractivity contribution < 1.29 is 4.74 Å². The van der Waals surface area contributed by atoms with Crippen LogP contribution in [0, 0.1) is 11.8 Å². The lowest BCUT2D eigenvalue weighted by molar-refractivity contribution is 0.239. The van der Waals surface area contributed by atoms with Gasteiger partial charge < -0.3 is 10.1 Å². The van der Waals surface area contributed by atoms with E-state index in [2.05, 4.69) is 44.3 Å². The highest BCUT2D eigenvalue weighted by Crippen LogP contribution is 2.30. The van der Waals surface area contributed by atoms with Gasteiger partial charge in [0.1, 0.15) is 5.75 Å². The largest absolute Gasteiger partial charge is 0.491 e.